The molecule has 1 aliphatic carbocycles. The van der Waals surface area contributed by atoms with E-state index in [1.807, 2.05) is 0 Å². The van der Waals surface area contributed by atoms with Gasteiger partial charge in [-0.1, -0.05) is 0 Å². The Morgan fingerprint density at radius 2 is 2.04 bits per heavy atom. The molecule has 1 aromatic carbocycles. The summed E-state index contributed by atoms with van der Waals surface area (Å²) in [5.74, 6) is 0.392. The molecular weight excluding hydrogens is 386 g/mol. The molecule has 1 fully saturated rings. The number of hydrogen-bond donors (Lipinski definition) is 1. The van der Waals surface area contributed by atoms with Crippen molar-refractivity contribution in [3.8, 4) is 0 Å². The summed E-state index contributed by atoms with van der Waals surface area (Å²) in [6.07, 6.45) is 4.03. The van der Waals surface area contributed by atoms with Gasteiger partial charge in [0.15, 0.2) is 0 Å². The van der Waals surface area contributed by atoms with Gasteiger partial charge >= 0.3 is 5.97 Å². The number of aryl methyl sites for hydroxylation is 2. The number of furan rings is 1. The Hall–Kier alpha value is -1.51. The highest BCUT2D eigenvalue weighted by Crippen LogP contribution is 2.39. The molecule has 4 rings (SSSR count). The number of carboxylic acids is 1. The number of carboxylic acid groups (broad SMARTS) is 1. The number of aliphatic carboxylic acids is 1. The van der Waals surface area contributed by atoms with E-state index in [-0.39, 0.29) is 11.4 Å². The number of fused-ring (bicyclic) bond motifs is 3. The molecule has 1 aliphatic heterocycles. The van der Waals surface area contributed by atoms with Crippen LogP contribution in [0.2, 0.25) is 0 Å². The van der Waals surface area contributed by atoms with Crippen molar-refractivity contribution in [3.05, 3.63) is 29.5 Å². The lowest BCUT2D eigenvalue weighted by Gasteiger charge is -2.42. The van der Waals surface area contributed by atoms with Crippen LogP contribution in [0.4, 0.5) is 0 Å². The quantitative estimate of drug-likeness (QED) is 0.837. The fraction of sp³-hybridized carbons (Fsp3) is 0.526. The minimum absolute atomic E-state index is 0.0926. The van der Waals surface area contributed by atoms with Gasteiger partial charge in [0.05, 0.1) is 4.90 Å². The van der Waals surface area contributed by atoms with Crippen molar-refractivity contribution in [2.45, 2.75) is 55.2 Å². The van der Waals surface area contributed by atoms with Gasteiger partial charge in [-0.15, -0.1) is 0 Å². The van der Waals surface area contributed by atoms with Crippen LogP contribution in [0.3, 0.4) is 0 Å². The van der Waals surface area contributed by atoms with Gasteiger partial charge in [0.2, 0.25) is 10.0 Å². The minimum atomic E-state index is -3.94. The SMILES string of the molecule is CC1(C)SCCN(S(=O)(=O)c2ccc3c4c(oc3c2)CCCC4)C1C(=O)O. The van der Waals surface area contributed by atoms with Gasteiger partial charge in [0.25, 0.3) is 0 Å². The fourth-order valence-corrected chi connectivity index (χ4v) is 7.29. The van der Waals surface area contributed by atoms with E-state index < -0.39 is 26.8 Å². The fourth-order valence-electron chi connectivity index (χ4n) is 4.17. The van der Waals surface area contributed by atoms with Crippen molar-refractivity contribution in [3.63, 3.8) is 0 Å². The minimum Gasteiger partial charge on any atom is -0.480 e. The average molecular weight is 410 g/mol. The van der Waals surface area contributed by atoms with E-state index in [4.69, 9.17) is 4.42 Å². The first-order valence-electron chi connectivity index (χ1n) is 9.15. The highest BCUT2D eigenvalue weighted by Gasteiger charge is 2.48. The predicted molar refractivity (Wildman–Crippen MR) is 105 cm³/mol. The monoisotopic (exact) mass is 409 g/mol. The van der Waals surface area contributed by atoms with Gasteiger partial charge < -0.3 is 9.52 Å². The smallest absolute Gasteiger partial charge is 0.323 e. The molecule has 2 aromatic rings. The highest BCUT2D eigenvalue weighted by atomic mass is 32.2. The lowest BCUT2D eigenvalue weighted by atomic mass is 9.96. The summed E-state index contributed by atoms with van der Waals surface area (Å²) in [7, 11) is -3.94. The van der Waals surface area contributed by atoms with Crippen molar-refractivity contribution in [2.75, 3.05) is 12.3 Å². The third-order valence-corrected chi connectivity index (χ3v) is 8.72. The van der Waals surface area contributed by atoms with Crippen LogP contribution in [0.15, 0.2) is 27.5 Å². The zero-order chi connectivity index (χ0) is 19.4. The predicted octanol–water partition coefficient (Wildman–Crippen LogP) is 3.28. The van der Waals surface area contributed by atoms with Gasteiger partial charge in [0, 0.05) is 40.5 Å². The zero-order valence-electron chi connectivity index (χ0n) is 15.4. The molecule has 2 aliphatic rings. The Kier molecular flexibility index (Phi) is 4.56. The number of nitrogens with zero attached hydrogens (tertiary/aromatic N) is 1. The zero-order valence-corrected chi connectivity index (χ0v) is 17.0. The van der Waals surface area contributed by atoms with E-state index in [1.165, 1.54) is 17.3 Å². The molecule has 8 heteroatoms. The van der Waals surface area contributed by atoms with Crippen LogP contribution in [0.5, 0.6) is 0 Å². The number of hydrogen-bond acceptors (Lipinski definition) is 5. The molecule has 2 heterocycles. The van der Waals surface area contributed by atoms with Crippen molar-refractivity contribution >= 4 is 38.7 Å². The third kappa shape index (κ3) is 3.07. The molecule has 1 atom stereocenters. The van der Waals surface area contributed by atoms with E-state index >= 15 is 0 Å². The summed E-state index contributed by atoms with van der Waals surface area (Å²) in [4.78, 5) is 12.0. The molecule has 6 nitrogen and oxygen atoms in total. The highest BCUT2D eigenvalue weighted by molar-refractivity contribution is 8.00. The Balaban J connectivity index is 1.78. The van der Waals surface area contributed by atoms with Crippen molar-refractivity contribution < 1.29 is 22.7 Å². The van der Waals surface area contributed by atoms with E-state index in [1.54, 1.807) is 32.0 Å². The van der Waals surface area contributed by atoms with Gasteiger partial charge in [-0.25, -0.2) is 8.42 Å². The Morgan fingerprint density at radius 3 is 2.78 bits per heavy atom. The summed E-state index contributed by atoms with van der Waals surface area (Å²) in [6.45, 7) is 3.74. The normalized spacial score (nSPS) is 23.3. The van der Waals surface area contributed by atoms with Crippen LogP contribution in [-0.2, 0) is 27.7 Å². The summed E-state index contributed by atoms with van der Waals surface area (Å²) in [5, 5.41) is 10.7. The molecule has 1 saturated heterocycles. The Bertz CT molecular complexity index is 1010. The maximum atomic E-state index is 13.3. The van der Waals surface area contributed by atoms with Crippen LogP contribution in [-0.4, -0.2) is 46.9 Å². The second-order valence-corrected chi connectivity index (χ2v) is 11.3. The summed E-state index contributed by atoms with van der Waals surface area (Å²) >= 11 is 1.49. The number of rotatable bonds is 3. The van der Waals surface area contributed by atoms with Gasteiger partial charge in [-0.3, -0.25) is 4.79 Å². The maximum absolute atomic E-state index is 13.3. The standard InChI is InChI=1S/C19H23NO5S2/c1-19(2)17(18(21)22)20(9-10-26-19)27(23,24)12-7-8-14-13-5-3-4-6-15(13)25-16(14)11-12/h7-8,11,17H,3-6,9-10H2,1-2H3,(H,21,22). The first-order valence-corrected chi connectivity index (χ1v) is 11.6. The summed E-state index contributed by atoms with van der Waals surface area (Å²) in [6, 6.07) is 3.82. The van der Waals surface area contributed by atoms with E-state index in [0.717, 1.165) is 41.1 Å². The van der Waals surface area contributed by atoms with E-state index in [9.17, 15) is 18.3 Å². The van der Waals surface area contributed by atoms with Crippen molar-refractivity contribution in [1.82, 2.24) is 4.31 Å². The van der Waals surface area contributed by atoms with Crippen molar-refractivity contribution in [1.29, 1.82) is 0 Å². The molecule has 0 amide bonds. The van der Waals surface area contributed by atoms with E-state index in [0.29, 0.717) is 11.3 Å². The molecule has 1 unspecified atom stereocenters. The maximum Gasteiger partial charge on any atom is 0.323 e. The van der Waals surface area contributed by atoms with Crippen LogP contribution in [0.1, 0.15) is 38.0 Å². The number of benzene rings is 1. The van der Waals surface area contributed by atoms with Crippen LogP contribution >= 0.6 is 11.8 Å². The topological polar surface area (TPSA) is 87.8 Å². The number of carbonyl (C=O) groups is 1. The molecule has 1 N–H and O–H groups in total. The first-order chi connectivity index (χ1) is 12.7. The molecule has 0 bridgehead atoms. The second-order valence-electron chi connectivity index (χ2n) is 7.68. The lowest BCUT2D eigenvalue weighted by Crippen LogP contribution is -2.58. The van der Waals surface area contributed by atoms with E-state index in [2.05, 4.69) is 0 Å². The molecule has 146 valence electrons. The Morgan fingerprint density at radius 1 is 1.30 bits per heavy atom. The van der Waals surface area contributed by atoms with Crippen LogP contribution in [0, 0.1) is 0 Å². The summed E-state index contributed by atoms with van der Waals surface area (Å²) in [5.41, 5.74) is 1.75. The van der Waals surface area contributed by atoms with Crippen molar-refractivity contribution in [2.24, 2.45) is 0 Å². The number of sulfonamides is 1. The third-order valence-electron chi connectivity index (χ3n) is 5.50. The van der Waals surface area contributed by atoms with Gasteiger partial charge in [-0.2, -0.15) is 16.1 Å². The first kappa shape index (κ1) is 18.8. The molecule has 1 aromatic heterocycles. The molecule has 0 saturated carbocycles. The Labute approximate surface area is 163 Å². The average Bonchev–Trinajstić information content (AvgIpc) is 2.98. The second kappa shape index (κ2) is 6.53. The molecule has 0 radical (unpaired) electrons. The van der Waals surface area contributed by atoms with Crippen LogP contribution in [0.25, 0.3) is 11.0 Å². The molecular formula is C19H23NO5S2. The largest absolute Gasteiger partial charge is 0.480 e. The molecule has 0 spiro atoms. The summed E-state index contributed by atoms with van der Waals surface area (Å²) < 4.78 is 32.9. The number of thioether (sulfide) groups is 1. The lowest BCUT2D eigenvalue weighted by molar-refractivity contribution is -0.142. The van der Waals surface area contributed by atoms with Crippen LogP contribution < -0.4 is 0 Å². The molecule has 27 heavy (non-hydrogen) atoms. The van der Waals surface area contributed by atoms with Gasteiger partial charge in [0.1, 0.15) is 17.4 Å². The van der Waals surface area contributed by atoms with Gasteiger partial charge in [-0.05, 0) is 45.2 Å².